The lowest BCUT2D eigenvalue weighted by atomic mass is 10.1. The van der Waals surface area contributed by atoms with Crippen LogP contribution in [0.4, 0.5) is 0 Å². The molecule has 0 aliphatic heterocycles. The molecule has 5 nitrogen and oxygen atoms in total. The Bertz CT molecular complexity index is 558. The molecule has 1 N–H and O–H groups in total. The van der Waals surface area contributed by atoms with Crippen molar-refractivity contribution in [1.82, 2.24) is 19.6 Å². The van der Waals surface area contributed by atoms with Gasteiger partial charge in [-0.25, -0.2) is 0 Å². The minimum absolute atomic E-state index is 0.393. The van der Waals surface area contributed by atoms with E-state index in [0.29, 0.717) is 12.5 Å². The van der Waals surface area contributed by atoms with E-state index in [9.17, 15) is 5.11 Å². The number of hydrogen-bond donors (Lipinski definition) is 1. The van der Waals surface area contributed by atoms with Crippen LogP contribution in [0, 0.1) is 0 Å². The Morgan fingerprint density at radius 3 is 2.60 bits per heavy atom. The number of nitrogens with zero attached hydrogens (tertiary/aromatic N) is 4. The van der Waals surface area contributed by atoms with Gasteiger partial charge in [-0.05, 0) is 31.9 Å². The molecular formula is C15H24N4O. The van der Waals surface area contributed by atoms with Crippen LogP contribution in [0.25, 0.3) is 0 Å². The van der Waals surface area contributed by atoms with E-state index in [4.69, 9.17) is 0 Å². The van der Waals surface area contributed by atoms with Crippen molar-refractivity contribution in [3.63, 3.8) is 0 Å². The highest BCUT2D eigenvalue weighted by molar-refractivity contribution is 5.15. The molecule has 2 aromatic rings. The highest BCUT2D eigenvalue weighted by Crippen LogP contribution is 2.19. The van der Waals surface area contributed by atoms with E-state index >= 15 is 0 Å². The summed E-state index contributed by atoms with van der Waals surface area (Å²) in [6, 6.07) is 4.34. The molecule has 0 spiro atoms. The van der Waals surface area contributed by atoms with Gasteiger partial charge in [0.15, 0.2) is 0 Å². The van der Waals surface area contributed by atoms with E-state index in [0.717, 1.165) is 29.9 Å². The minimum Gasteiger partial charge on any atom is -0.386 e. The van der Waals surface area contributed by atoms with Crippen molar-refractivity contribution in [1.29, 1.82) is 0 Å². The van der Waals surface area contributed by atoms with Gasteiger partial charge in [0.25, 0.3) is 0 Å². The standard InChI is InChI=1S/C15H24N4O/c1-5-11(3)19-8-7-13(17-19)10-15(20)14-9-12(6-2)16-18(14)4/h7-9,11,15,20H,5-6,10H2,1-4H3. The van der Waals surface area contributed by atoms with Crippen LogP contribution in [0.2, 0.25) is 0 Å². The average Bonchev–Trinajstić information content (AvgIpc) is 3.04. The molecule has 0 bridgehead atoms. The van der Waals surface area contributed by atoms with E-state index in [1.807, 2.05) is 30.1 Å². The molecular weight excluding hydrogens is 252 g/mol. The van der Waals surface area contributed by atoms with Gasteiger partial charge in [0.05, 0.1) is 17.1 Å². The zero-order chi connectivity index (χ0) is 14.7. The number of rotatable bonds is 6. The fourth-order valence-corrected chi connectivity index (χ4v) is 2.25. The van der Waals surface area contributed by atoms with Crippen LogP contribution < -0.4 is 0 Å². The number of hydrogen-bond acceptors (Lipinski definition) is 3. The van der Waals surface area contributed by atoms with Crippen LogP contribution in [0.1, 0.15) is 56.4 Å². The second kappa shape index (κ2) is 6.22. The van der Waals surface area contributed by atoms with Crippen molar-refractivity contribution in [2.24, 2.45) is 7.05 Å². The highest BCUT2D eigenvalue weighted by Gasteiger charge is 2.16. The lowest BCUT2D eigenvalue weighted by molar-refractivity contribution is 0.167. The molecule has 2 aromatic heterocycles. The number of aromatic nitrogens is 4. The van der Waals surface area contributed by atoms with Gasteiger partial charge < -0.3 is 5.11 Å². The van der Waals surface area contributed by atoms with E-state index < -0.39 is 6.10 Å². The third-order valence-electron chi connectivity index (χ3n) is 3.78. The van der Waals surface area contributed by atoms with Gasteiger partial charge in [-0.2, -0.15) is 10.2 Å². The molecule has 20 heavy (non-hydrogen) atoms. The summed E-state index contributed by atoms with van der Waals surface area (Å²) in [5, 5.41) is 19.3. The zero-order valence-corrected chi connectivity index (χ0v) is 12.7. The molecule has 5 heteroatoms. The Kier molecular flexibility index (Phi) is 4.60. The Morgan fingerprint density at radius 2 is 2.00 bits per heavy atom. The largest absolute Gasteiger partial charge is 0.386 e. The SMILES string of the molecule is CCc1cc(C(O)Cc2ccn(C(C)CC)n2)n(C)n1. The summed E-state index contributed by atoms with van der Waals surface area (Å²) >= 11 is 0. The fraction of sp³-hybridized carbons (Fsp3) is 0.600. The number of aliphatic hydroxyl groups excluding tert-OH is 1. The quantitative estimate of drug-likeness (QED) is 0.881. The molecule has 0 amide bonds. The maximum Gasteiger partial charge on any atom is 0.101 e. The lowest BCUT2D eigenvalue weighted by Crippen LogP contribution is -2.09. The summed E-state index contributed by atoms with van der Waals surface area (Å²) in [4.78, 5) is 0. The Balaban J connectivity index is 2.08. The summed E-state index contributed by atoms with van der Waals surface area (Å²) in [6.45, 7) is 6.34. The van der Waals surface area contributed by atoms with Gasteiger partial charge >= 0.3 is 0 Å². The molecule has 2 rings (SSSR count). The molecule has 0 aliphatic carbocycles. The topological polar surface area (TPSA) is 55.9 Å². The molecule has 0 aromatic carbocycles. The fourth-order valence-electron chi connectivity index (χ4n) is 2.25. The van der Waals surface area contributed by atoms with Gasteiger partial charge in [-0.15, -0.1) is 0 Å². The molecule has 110 valence electrons. The number of aryl methyl sites for hydroxylation is 2. The summed E-state index contributed by atoms with van der Waals surface area (Å²) < 4.78 is 3.72. The maximum atomic E-state index is 10.4. The predicted molar refractivity (Wildman–Crippen MR) is 78.5 cm³/mol. The van der Waals surface area contributed by atoms with Crippen LogP contribution in [-0.4, -0.2) is 24.7 Å². The molecule has 0 aliphatic rings. The van der Waals surface area contributed by atoms with Crippen LogP contribution in [-0.2, 0) is 19.9 Å². The molecule has 2 heterocycles. The minimum atomic E-state index is -0.562. The van der Waals surface area contributed by atoms with Crippen LogP contribution >= 0.6 is 0 Å². The first-order valence-electron chi connectivity index (χ1n) is 7.30. The van der Waals surface area contributed by atoms with Gasteiger partial charge in [-0.1, -0.05) is 13.8 Å². The lowest BCUT2D eigenvalue weighted by Gasteiger charge is -2.10. The van der Waals surface area contributed by atoms with Crippen molar-refractivity contribution in [3.8, 4) is 0 Å². The Morgan fingerprint density at radius 1 is 1.25 bits per heavy atom. The Hall–Kier alpha value is -1.62. The second-order valence-electron chi connectivity index (χ2n) is 5.30. The Labute approximate surface area is 120 Å². The summed E-state index contributed by atoms with van der Waals surface area (Å²) in [5.41, 5.74) is 2.77. The van der Waals surface area contributed by atoms with Gasteiger partial charge in [0.1, 0.15) is 6.10 Å². The third kappa shape index (κ3) is 3.10. The predicted octanol–water partition coefficient (Wildman–Crippen LogP) is 2.43. The summed E-state index contributed by atoms with van der Waals surface area (Å²) in [5.74, 6) is 0. The molecule has 2 atom stereocenters. The molecule has 0 saturated heterocycles. The van der Waals surface area contributed by atoms with E-state index in [2.05, 4.69) is 31.0 Å². The highest BCUT2D eigenvalue weighted by atomic mass is 16.3. The van der Waals surface area contributed by atoms with Crippen molar-refractivity contribution >= 4 is 0 Å². The zero-order valence-electron chi connectivity index (χ0n) is 12.7. The summed E-state index contributed by atoms with van der Waals surface area (Å²) in [6.07, 6.45) is 3.87. The summed E-state index contributed by atoms with van der Waals surface area (Å²) in [7, 11) is 1.87. The van der Waals surface area contributed by atoms with Gasteiger partial charge in [-0.3, -0.25) is 9.36 Å². The monoisotopic (exact) mass is 276 g/mol. The average molecular weight is 276 g/mol. The van der Waals surface area contributed by atoms with E-state index in [-0.39, 0.29) is 0 Å². The molecule has 0 fully saturated rings. The van der Waals surface area contributed by atoms with Crippen molar-refractivity contribution in [2.75, 3.05) is 0 Å². The van der Waals surface area contributed by atoms with E-state index in [1.54, 1.807) is 4.68 Å². The van der Waals surface area contributed by atoms with Crippen LogP contribution in [0.15, 0.2) is 18.3 Å². The number of aliphatic hydroxyl groups is 1. The van der Waals surface area contributed by atoms with Crippen molar-refractivity contribution < 1.29 is 5.11 Å². The molecule has 2 unspecified atom stereocenters. The third-order valence-corrected chi connectivity index (χ3v) is 3.78. The molecule has 0 saturated carbocycles. The van der Waals surface area contributed by atoms with Crippen LogP contribution in [0.3, 0.4) is 0 Å². The second-order valence-corrected chi connectivity index (χ2v) is 5.30. The van der Waals surface area contributed by atoms with Crippen molar-refractivity contribution in [2.45, 2.75) is 52.2 Å². The molecule has 0 radical (unpaired) electrons. The van der Waals surface area contributed by atoms with E-state index in [1.165, 1.54) is 0 Å². The van der Waals surface area contributed by atoms with Gasteiger partial charge in [0, 0.05) is 25.7 Å². The maximum absolute atomic E-state index is 10.4. The smallest absolute Gasteiger partial charge is 0.101 e. The first-order valence-corrected chi connectivity index (χ1v) is 7.30. The van der Waals surface area contributed by atoms with Gasteiger partial charge in [0.2, 0.25) is 0 Å². The van der Waals surface area contributed by atoms with Crippen LogP contribution in [0.5, 0.6) is 0 Å². The normalized spacial score (nSPS) is 14.4. The van der Waals surface area contributed by atoms with Crippen molar-refractivity contribution in [3.05, 3.63) is 35.4 Å². The first kappa shape index (κ1) is 14.8. The first-order chi connectivity index (χ1) is 9.55.